The van der Waals surface area contributed by atoms with Gasteiger partial charge in [-0.1, -0.05) is 29.3 Å². The van der Waals surface area contributed by atoms with Crippen molar-refractivity contribution in [1.29, 1.82) is 0 Å². The zero-order chi connectivity index (χ0) is 25.7. The molecule has 6 rings (SSSR count). The van der Waals surface area contributed by atoms with Crippen LogP contribution in [0.2, 0.25) is 10.0 Å². The van der Waals surface area contributed by atoms with Crippen molar-refractivity contribution in [3.63, 3.8) is 0 Å². The summed E-state index contributed by atoms with van der Waals surface area (Å²) in [6.07, 6.45) is 4.45. The second-order valence-corrected chi connectivity index (χ2v) is 9.20. The van der Waals surface area contributed by atoms with E-state index in [2.05, 4.69) is 25.6 Å². The molecule has 188 valence electrons. The summed E-state index contributed by atoms with van der Waals surface area (Å²) in [7, 11) is 0. The maximum absolute atomic E-state index is 14.9. The fourth-order valence-corrected chi connectivity index (χ4v) is 5.03. The van der Waals surface area contributed by atoms with Crippen LogP contribution in [0.25, 0.3) is 22.5 Å². The van der Waals surface area contributed by atoms with Crippen LogP contribution in [0.4, 0.5) is 26.1 Å². The number of imidazole rings is 1. The first-order valence-corrected chi connectivity index (χ1v) is 12.1. The van der Waals surface area contributed by atoms with Crippen molar-refractivity contribution in [2.24, 2.45) is 0 Å². The van der Waals surface area contributed by atoms with Gasteiger partial charge in [0.25, 0.3) is 5.56 Å². The molecule has 1 saturated heterocycles. The Balaban J connectivity index is 1.43. The largest absolute Gasteiger partial charge is 0.364 e. The molecule has 1 fully saturated rings. The molecule has 4 heterocycles. The Morgan fingerprint density at radius 1 is 1.00 bits per heavy atom. The standard InChI is InChI=1S/C24H18Cl2F2N8O/c25-15-2-1-3-16(26)19(15)36-22(37)14-12-31-23(33-21(14)35-9-6-30-24(35)36)32-13-10-17(27)20(18(28)11-13)34-7-4-29-5-8-34/h1-3,6,9-12,29H,4-5,7-8H2,(H,31,32,33). The third kappa shape index (κ3) is 4.05. The average Bonchev–Trinajstić information content (AvgIpc) is 3.36. The summed E-state index contributed by atoms with van der Waals surface area (Å²) in [6.45, 7) is 2.31. The van der Waals surface area contributed by atoms with Gasteiger partial charge in [0.05, 0.1) is 15.7 Å². The number of rotatable bonds is 4. The lowest BCUT2D eigenvalue weighted by atomic mass is 10.2. The summed E-state index contributed by atoms with van der Waals surface area (Å²) in [5.74, 6) is -1.11. The number of aromatic nitrogens is 5. The normalized spacial score (nSPS) is 14.0. The fourth-order valence-electron chi connectivity index (χ4n) is 4.47. The Morgan fingerprint density at radius 2 is 1.70 bits per heavy atom. The van der Waals surface area contributed by atoms with E-state index in [0.717, 1.165) is 0 Å². The van der Waals surface area contributed by atoms with Gasteiger partial charge >= 0.3 is 0 Å². The van der Waals surface area contributed by atoms with Crippen LogP contribution in [-0.4, -0.2) is 50.1 Å². The number of para-hydroxylation sites is 1. The van der Waals surface area contributed by atoms with Crippen molar-refractivity contribution in [3.8, 4) is 5.69 Å². The van der Waals surface area contributed by atoms with E-state index in [4.69, 9.17) is 23.2 Å². The molecule has 13 heteroatoms. The Bertz CT molecular complexity index is 1690. The Hall–Kier alpha value is -3.80. The van der Waals surface area contributed by atoms with Gasteiger partial charge in [-0.25, -0.2) is 23.3 Å². The molecule has 3 aromatic heterocycles. The Labute approximate surface area is 218 Å². The van der Waals surface area contributed by atoms with E-state index in [0.29, 0.717) is 26.2 Å². The van der Waals surface area contributed by atoms with E-state index in [9.17, 15) is 13.6 Å². The number of halogens is 4. The average molecular weight is 543 g/mol. The minimum atomic E-state index is -0.693. The first-order valence-electron chi connectivity index (χ1n) is 11.3. The fraction of sp³-hybridized carbons (Fsp3) is 0.167. The maximum atomic E-state index is 14.9. The first-order chi connectivity index (χ1) is 17.9. The zero-order valence-corrected chi connectivity index (χ0v) is 20.6. The predicted octanol–water partition coefficient (Wildman–Crippen LogP) is 4.17. The van der Waals surface area contributed by atoms with Crippen molar-refractivity contribution in [1.82, 2.24) is 29.2 Å². The summed E-state index contributed by atoms with van der Waals surface area (Å²) in [6, 6.07) is 7.30. The molecule has 0 spiro atoms. The van der Waals surface area contributed by atoms with Crippen LogP contribution in [0.15, 0.2) is 53.7 Å². The number of anilines is 3. The third-order valence-corrected chi connectivity index (χ3v) is 6.73. The zero-order valence-electron chi connectivity index (χ0n) is 19.1. The first kappa shape index (κ1) is 23.6. The summed E-state index contributed by atoms with van der Waals surface area (Å²) in [4.78, 5) is 28.1. The molecule has 9 nitrogen and oxygen atoms in total. The number of piperazine rings is 1. The second kappa shape index (κ2) is 9.25. The number of nitrogens with one attached hydrogen (secondary N) is 2. The van der Waals surface area contributed by atoms with Gasteiger partial charge in [-0.15, -0.1) is 0 Å². The van der Waals surface area contributed by atoms with Crippen LogP contribution < -0.4 is 21.1 Å². The van der Waals surface area contributed by atoms with E-state index in [1.54, 1.807) is 33.7 Å². The highest BCUT2D eigenvalue weighted by Gasteiger charge is 2.21. The number of fused-ring (bicyclic) bond motifs is 3. The van der Waals surface area contributed by atoms with Crippen molar-refractivity contribution < 1.29 is 8.78 Å². The highest BCUT2D eigenvalue weighted by atomic mass is 35.5. The van der Waals surface area contributed by atoms with Crippen molar-refractivity contribution >= 4 is 57.3 Å². The number of benzene rings is 2. The monoisotopic (exact) mass is 542 g/mol. The Morgan fingerprint density at radius 3 is 2.41 bits per heavy atom. The minimum absolute atomic E-state index is 0.0455. The molecule has 2 aromatic carbocycles. The van der Waals surface area contributed by atoms with Crippen LogP contribution in [0.5, 0.6) is 0 Å². The molecule has 0 amide bonds. The highest BCUT2D eigenvalue weighted by Crippen LogP contribution is 2.30. The summed E-state index contributed by atoms with van der Waals surface area (Å²) >= 11 is 12.7. The van der Waals surface area contributed by atoms with Gasteiger partial charge in [0.15, 0.2) is 17.3 Å². The predicted molar refractivity (Wildman–Crippen MR) is 139 cm³/mol. The quantitative estimate of drug-likeness (QED) is 0.352. The van der Waals surface area contributed by atoms with Crippen molar-refractivity contribution in [2.75, 3.05) is 36.4 Å². The molecule has 1 aliphatic rings. The van der Waals surface area contributed by atoms with Crippen LogP contribution in [0.3, 0.4) is 0 Å². The molecule has 0 saturated carbocycles. The van der Waals surface area contributed by atoms with Crippen molar-refractivity contribution in [2.45, 2.75) is 0 Å². The van der Waals surface area contributed by atoms with E-state index in [1.807, 2.05) is 0 Å². The summed E-state index contributed by atoms with van der Waals surface area (Å²) in [5, 5.41) is 6.69. The molecule has 0 atom stereocenters. The van der Waals surface area contributed by atoms with Crippen molar-refractivity contribution in [3.05, 3.63) is 81.0 Å². The number of hydrogen-bond acceptors (Lipinski definition) is 7. The maximum Gasteiger partial charge on any atom is 0.270 e. The number of hydrogen-bond donors (Lipinski definition) is 2. The van der Waals surface area contributed by atoms with Crippen LogP contribution in [-0.2, 0) is 0 Å². The van der Waals surface area contributed by atoms with Crippen LogP contribution in [0.1, 0.15) is 0 Å². The minimum Gasteiger partial charge on any atom is -0.364 e. The molecule has 5 aromatic rings. The molecule has 0 unspecified atom stereocenters. The lowest BCUT2D eigenvalue weighted by Gasteiger charge is -2.30. The van der Waals surface area contributed by atoms with Gasteiger partial charge in [0.2, 0.25) is 11.7 Å². The molecule has 37 heavy (non-hydrogen) atoms. The molecule has 2 N–H and O–H groups in total. The van der Waals surface area contributed by atoms with E-state index in [1.165, 1.54) is 29.1 Å². The van der Waals surface area contributed by atoms with Gasteiger partial charge in [0, 0.05) is 50.5 Å². The molecule has 0 radical (unpaired) electrons. The van der Waals surface area contributed by atoms with Crippen LogP contribution in [0, 0.1) is 11.6 Å². The molecule has 0 aliphatic carbocycles. The van der Waals surface area contributed by atoms with Crippen LogP contribution >= 0.6 is 23.2 Å². The van der Waals surface area contributed by atoms with E-state index >= 15 is 0 Å². The molecule has 1 aliphatic heterocycles. The third-order valence-electron chi connectivity index (χ3n) is 6.12. The Kier molecular flexibility index (Phi) is 5.90. The summed E-state index contributed by atoms with van der Waals surface area (Å²) < 4.78 is 32.6. The van der Waals surface area contributed by atoms with E-state index < -0.39 is 17.2 Å². The van der Waals surface area contributed by atoms with Gasteiger partial charge in [-0.05, 0) is 24.3 Å². The SMILES string of the molecule is O=c1c2cnc(Nc3cc(F)c(N4CCNCC4)c(F)c3)nc2n2ccnc2n1-c1c(Cl)cccc1Cl. The lowest BCUT2D eigenvalue weighted by molar-refractivity contribution is 0.538. The molecular formula is C24H18Cl2F2N8O. The van der Waals surface area contributed by atoms with Gasteiger partial charge in [-0.3, -0.25) is 9.20 Å². The van der Waals surface area contributed by atoms with Gasteiger partial charge in [-0.2, -0.15) is 4.98 Å². The van der Waals surface area contributed by atoms with E-state index in [-0.39, 0.29) is 49.9 Å². The molecular weight excluding hydrogens is 525 g/mol. The lowest BCUT2D eigenvalue weighted by Crippen LogP contribution is -2.44. The second-order valence-electron chi connectivity index (χ2n) is 8.39. The summed E-state index contributed by atoms with van der Waals surface area (Å²) in [5.41, 5.74) is 0.115. The highest BCUT2D eigenvalue weighted by molar-refractivity contribution is 6.37. The topological polar surface area (TPSA) is 92.4 Å². The van der Waals surface area contributed by atoms with Gasteiger partial charge < -0.3 is 15.5 Å². The number of nitrogens with zero attached hydrogens (tertiary/aromatic N) is 6. The smallest absolute Gasteiger partial charge is 0.270 e. The molecule has 0 bridgehead atoms. The van der Waals surface area contributed by atoms with Gasteiger partial charge in [0.1, 0.15) is 11.1 Å².